The third-order valence-electron chi connectivity index (χ3n) is 3.83. The number of methoxy groups -OCH3 is 1. The third-order valence-corrected chi connectivity index (χ3v) is 5.03. The van der Waals surface area contributed by atoms with Crippen molar-refractivity contribution in [2.24, 2.45) is 4.99 Å². The molecule has 8 heteroatoms. The summed E-state index contributed by atoms with van der Waals surface area (Å²) in [5, 5.41) is 7.81. The van der Waals surface area contributed by atoms with Crippen LogP contribution < -0.4 is 20.1 Å². The lowest BCUT2D eigenvalue weighted by Crippen LogP contribution is -2.38. The van der Waals surface area contributed by atoms with Gasteiger partial charge >= 0.3 is 0 Å². The second-order valence-electron chi connectivity index (χ2n) is 5.89. The van der Waals surface area contributed by atoms with Crippen molar-refractivity contribution in [2.75, 3.05) is 33.4 Å². The van der Waals surface area contributed by atoms with Crippen LogP contribution in [0.3, 0.4) is 0 Å². The molecule has 0 bridgehead atoms. The predicted molar refractivity (Wildman–Crippen MR) is 128 cm³/mol. The summed E-state index contributed by atoms with van der Waals surface area (Å²) in [6.45, 7) is 7.23. The summed E-state index contributed by atoms with van der Waals surface area (Å²) in [6.07, 6.45) is 4.79. The van der Waals surface area contributed by atoms with Crippen LogP contribution in [0.4, 0.5) is 0 Å². The Morgan fingerprint density at radius 1 is 1.14 bits per heavy atom. The second-order valence-corrected chi connectivity index (χ2v) is 7.09. The Labute approximate surface area is 189 Å². The average Bonchev–Trinajstić information content (AvgIpc) is 3.16. The van der Waals surface area contributed by atoms with Gasteiger partial charge in [0.1, 0.15) is 11.5 Å². The van der Waals surface area contributed by atoms with Gasteiger partial charge in [0.15, 0.2) is 5.96 Å². The zero-order valence-corrected chi connectivity index (χ0v) is 20.0. The highest BCUT2D eigenvalue weighted by atomic mass is 127. The van der Waals surface area contributed by atoms with Crippen molar-refractivity contribution in [1.29, 1.82) is 0 Å². The standard InChI is InChI=1S/C20H30N4O2S.HI/c1-4-18-15-24-19(27-18)11-13-23-20(21-5-2)22-12-6-14-26-17-9-7-16(25-3)8-10-17;/h7-10,15H,4-6,11-14H2,1-3H3,(H2,21,22,23);1H. The predicted octanol–water partition coefficient (Wildman–Crippen LogP) is 3.90. The molecule has 156 valence electrons. The zero-order chi connectivity index (χ0) is 19.3. The van der Waals surface area contributed by atoms with E-state index in [9.17, 15) is 0 Å². The Morgan fingerprint density at radius 3 is 2.54 bits per heavy atom. The minimum Gasteiger partial charge on any atom is -0.497 e. The number of guanidine groups is 1. The molecule has 1 aromatic heterocycles. The van der Waals surface area contributed by atoms with Crippen LogP contribution in [0.15, 0.2) is 35.5 Å². The Bertz CT molecular complexity index is 692. The van der Waals surface area contributed by atoms with Gasteiger partial charge in [-0.1, -0.05) is 6.92 Å². The van der Waals surface area contributed by atoms with Gasteiger partial charge in [-0.15, -0.1) is 35.3 Å². The number of thiazole rings is 1. The van der Waals surface area contributed by atoms with Crippen molar-refractivity contribution in [3.8, 4) is 11.5 Å². The van der Waals surface area contributed by atoms with Crippen LogP contribution in [0, 0.1) is 0 Å². The number of aromatic nitrogens is 1. The lowest BCUT2D eigenvalue weighted by Gasteiger charge is -2.11. The quantitative estimate of drug-likeness (QED) is 0.205. The van der Waals surface area contributed by atoms with E-state index in [2.05, 4.69) is 34.5 Å². The molecule has 0 aliphatic heterocycles. The first-order chi connectivity index (χ1) is 13.2. The monoisotopic (exact) mass is 518 g/mol. The van der Waals surface area contributed by atoms with Crippen LogP contribution in [-0.2, 0) is 12.8 Å². The van der Waals surface area contributed by atoms with Gasteiger partial charge in [-0.05, 0) is 37.6 Å². The first kappa shape index (κ1) is 24.5. The lowest BCUT2D eigenvalue weighted by atomic mass is 10.3. The molecule has 1 heterocycles. The van der Waals surface area contributed by atoms with E-state index in [1.807, 2.05) is 30.5 Å². The van der Waals surface area contributed by atoms with Gasteiger partial charge in [0.25, 0.3) is 0 Å². The van der Waals surface area contributed by atoms with Crippen LogP contribution in [0.5, 0.6) is 11.5 Å². The van der Waals surface area contributed by atoms with E-state index < -0.39 is 0 Å². The molecule has 6 nitrogen and oxygen atoms in total. The van der Waals surface area contributed by atoms with Crippen molar-refractivity contribution in [1.82, 2.24) is 15.6 Å². The fourth-order valence-corrected chi connectivity index (χ4v) is 3.24. The number of hydrogen-bond acceptors (Lipinski definition) is 5. The number of aryl methyl sites for hydroxylation is 1. The van der Waals surface area contributed by atoms with Gasteiger partial charge in [-0.3, -0.25) is 4.99 Å². The minimum atomic E-state index is 0. The van der Waals surface area contributed by atoms with Crippen LogP contribution in [0.1, 0.15) is 30.2 Å². The van der Waals surface area contributed by atoms with Gasteiger partial charge < -0.3 is 20.1 Å². The topological polar surface area (TPSA) is 67.8 Å². The molecule has 0 amide bonds. The number of benzene rings is 1. The summed E-state index contributed by atoms with van der Waals surface area (Å²) in [4.78, 5) is 10.4. The van der Waals surface area contributed by atoms with Gasteiger partial charge in [-0.25, -0.2) is 4.98 Å². The van der Waals surface area contributed by atoms with Crippen molar-refractivity contribution >= 4 is 41.3 Å². The fourth-order valence-electron chi connectivity index (χ4n) is 2.37. The Kier molecular flexibility index (Phi) is 12.6. The largest absolute Gasteiger partial charge is 0.497 e. The van der Waals surface area contributed by atoms with Gasteiger partial charge in [0.05, 0.1) is 18.7 Å². The van der Waals surface area contributed by atoms with Gasteiger partial charge in [0, 0.05) is 43.5 Å². The number of hydrogen-bond donors (Lipinski definition) is 2. The number of nitrogens with one attached hydrogen (secondary N) is 2. The second kappa shape index (κ2) is 14.4. The summed E-state index contributed by atoms with van der Waals surface area (Å²) in [5.41, 5.74) is 0. The summed E-state index contributed by atoms with van der Waals surface area (Å²) >= 11 is 1.79. The maximum absolute atomic E-state index is 5.73. The maximum Gasteiger partial charge on any atom is 0.191 e. The SMILES string of the molecule is CCNC(=NCCCOc1ccc(OC)cc1)NCCc1ncc(CC)s1.I. The van der Waals surface area contributed by atoms with Crippen molar-refractivity contribution in [2.45, 2.75) is 33.1 Å². The molecule has 2 rings (SSSR count). The minimum absolute atomic E-state index is 0. The third kappa shape index (κ3) is 9.09. The Morgan fingerprint density at radius 2 is 1.89 bits per heavy atom. The molecule has 0 atom stereocenters. The first-order valence-corrected chi connectivity index (χ1v) is 10.3. The van der Waals surface area contributed by atoms with Crippen molar-refractivity contribution in [3.63, 3.8) is 0 Å². The molecule has 0 radical (unpaired) electrons. The molecule has 1 aromatic carbocycles. The fraction of sp³-hybridized carbons (Fsp3) is 0.500. The summed E-state index contributed by atoms with van der Waals surface area (Å²) in [7, 11) is 1.66. The molecule has 2 aromatic rings. The molecule has 0 unspecified atom stereocenters. The summed E-state index contributed by atoms with van der Waals surface area (Å²) in [6, 6.07) is 7.62. The van der Waals surface area contributed by atoms with Crippen LogP contribution in [0.2, 0.25) is 0 Å². The highest BCUT2D eigenvalue weighted by Gasteiger charge is 2.02. The summed E-state index contributed by atoms with van der Waals surface area (Å²) in [5.74, 6) is 2.52. The first-order valence-electron chi connectivity index (χ1n) is 9.47. The molecular formula is C20H31IN4O2S. The molecular weight excluding hydrogens is 487 g/mol. The molecule has 0 aliphatic rings. The maximum atomic E-state index is 5.73. The number of halogens is 1. The molecule has 0 saturated carbocycles. The van der Waals surface area contributed by atoms with Crippen LogP contribution >= 0.6 is 35.3 Å². The number of nitrogens with zero attached hydrogens (tertiary/aromatic N) is 2. The van der Waals surface area contributed by atoms with Gasteiger partial charge in [0.2, 0.25) is 0 Å². The Hall–Kier alpha value is -1.55. The van der Waals surface area contributed by atoms with E-state index in [-0.39, 0.29) is 24.0 Å². The van der Waals surface area contributed by atoms with Crippen molar-refractivity contribution < 1.29 is 9.47 Å². The molecule has 0 fully saturated rings. The van der Waals surface area contributed by atoms with E-state index in [1.165, 1.54) is 9.88 Å². The van der Waals surface area contributed by atoms with Gasteiger partial charge in [-0.2, -0.15) is 0 Å². The number of rotatable bonds is 11. The molecule has 0 aliphatic carbocycles. The zero-order valence-electron chi connectivity index (χ0n) is 16.9. The number of ether oxygens (including phenoxy) is 2. The van der Waals surface area contributed by atoms with Crippen LogP contribution in [0.25, 0.3) is 0 Å². The smallest absolute Gasteiger partial charge is 0.191 e. The normalized spacial score (nSPS) is 10.9. The molecule has 2 N–H and O–H groups in total. The van der Waals surface area contributed by atoms with E-state index in [0.717, 1.165) is 49.8 Å². The van der Waals surface area contributed by atoms with Crippen molar-refractivity contribution in [3.05, 3.63) is 40.3 Å². The van der Waals surface area contributed by atoms with E-state index in [4.69, 9.17) is 9.47 Å². The number of aliphatic imine (C=N–C) groups is 1. The average molecular weight is 518 g/mol. The lowest BCUT2D eigenvalue weighted by molar-refractivity contribution is 0.312. The molecule has 0 saturated heterocycles. The van der Waals surface area contributed by atoms with E-state index in [1.54, 1.807) is 18.4 Å². The molecule has 0 spiro atoms. The van der Waals surface area contributed by atoms with E-state index in [0.29, 0.717) is 13.2 Å². The Balaban J connectivity index is 0.00000392. The van der Waals surface area contributed by atoms with Crippen LogP contribution in [-0.4, -0.2) is 44.3 Å². The van der Waals surface area contributed by atoms with E-state index >= 15 is 0 Å². The highest BCUT2D eigenvalue weighted by Crippen LogP contribution is 2.17. The highest BCUT2D eigenvalue weighted by molar-refractivity contribution is 14.0. The molecule has 28 heavy (non-hydrogen) atoms. The summed E-state index contributed by atoms with van der Waals surface area (Å²) < 4.78 is 10.9.